The minimum absolute atomic E-state index is 0.202. The Labute approximate surface area is 124 Å². The van der Waals surface area contributed by atoms with Crippen molar-refractivity contribution in [3.05, 3.63) is 47.8 Å². The number of nitrogens with one attached hydrogen (secondary N) is 2. The Morgan fingerprint density at radius 1 is 1.33 bits per heavy atom. The number of hydrogen-bond donors (Lipinski definition) is 3. The standard InChI is InChI=1S/C14H19N3O3S/c1-20-13-4-2-3-11(7-13)5-6-17-21(18,19)14-8-12(9-15)16-10-14/h2-4,7-8,10,16-17H,5-6,9,15H2,1H3. The Hall–Kier alpha value is -1.83. The summed E-state index contributed by atoms with van der Waals surface area (Å²) in [5, 5.41) is 0. The molecular weight excluding hydrogens is 290 g/mol. The molecule has 7 heteroatoms. The van der Waals surface area contributed by atoms with E-state index in [9.17, 15) is 8.42 Å². The first-order valence-electron chi connectivity index (χ1n) is 6.55. The van der Waals surface area contributed by atoms with Gasteiger partial charge < -0.3 is 15.5 Å². The second-order valence-corrected chi connectivity index (χ2v) is 6.33. The molecular formula is C14H19N3O3S. The molecule has 0 aliphatic heterocycles. The number of methoxy groups -OCH3 is 1. The molecule has 0 radical (unpaired) electrons. The number of aromatic amines is 1. The lowest BCUT2D eigenvalue weighted by atomic mass is 10.1. The van der Waals surface area contributed by atoms with Gasteiger partial charge in [0.15, 0.2) is 0 Å². The molecule has 0 unspecified atom stereocenters. The third-order valence-electron chi connectivity index (χ3n) is 3.09. The van der Waals surface area contributed by atoms with E-state index in [1.165, 1.54) is 12.3 Å². The number of sulfonamides is 1. The van der Waals surface area contributed by atoms with Gasteiger partial charge in [0.25, 0.3) is 0 Å². The normalized spacial score (nSPS) is 11.5. The molecule has 0 amide bonds. The van der Waals surface area contributed by atoms with Crippen molar-refractivity contribution in [2.24, 2.45) is 5.73 Å². The van der Waals surface area contributed by atoms with Crippen LogP contribution in [0.3, 0.4) is 0 Å². The van der Waals surface area contributed by atoms with Gasteiger partial charge in [0.05, 0.1) is 12.0 Å². The van der Waals surface area contributed by atoms with Gasteiger partial charge in [-0.3, -0.25) is 0 Å². The van der Waals surface area contributed by atoms with E-state index >= 15 is 0 Å². The van der Waals surface area contributed by atoms with E-state index < -0.39 is 10.0 Å². The molecule has 21 heavy (non-hydrogen) atoms. The minimum Gasteiger partial charge on any atom is -0.497 e. The molecule has 1 aromatic heterocycles. The summed E-state index contributed by atoms with van der Waals surface area (Å²) in [5.74, 6) is 0.758. The second-order valence-electron chi connectivity index (χ2n) is 4.56. The highest BCUT2D eigenvalue weighted by atomic mass is 32.2. The predicted octanol–water partition coefficient (Wildman–Crippen LogP) is 1.00. The second kappa shape index (κ2) is 6.75. The van der Waals surface area contributed by atoms with Crippen LogP contribution in [0.15, 0.2) is 41.4 Å². The van der Waals surface area contributed by atoms with Gasteiger partial charge in [0, 0.05) is 25.0 Å². The van der Waals surface area contributed by atoms with Gasteiger partial charge in [-0.25, -0.2) is 13.1 Å². The third-order valence-corrected chi connectivity index (χ3v) is 4.53. The quantitative estimate of drug-likeness (QED) is 0.711. The van der Waals surface area contributed by atoms with Gasteiger partial charge in [-0.15, -0.1) is 0 Å². The lowest BCUT2D eigenvalue weighted by molar-refractivity contribution is 0.414. The van der Waals surface area contributed by atoms with Gasteiger partial charge >= 0.3 is 0 Å². The molecule has 0 aliphatic carbocycles. The van der Waals surface area contributed by atoms with Crippen LogP contribution in [0, 0.1) is 0 Å². The fourth-order valence-corrected chi connectivity index (χ4v) is 2.98. The summed E-state index contributed by atoms with van der Waals surface area (Å²) >= 11 is 0. The number of hydrogen-bond acceptors (Lipinski definition) is 4. The molecule has 114 valence electrons. The van der Waals surface area contributed by atoms with Gasteiger partial charge in [-0.1, -0.05) is 12.1 Å². The maximum atomic E-state index is 12.1. The molecule has 2 aromatic rings. The summed E-state index contributed by atoms with van der Waals surface area (Å²) in [6.45, 7) is 0.595. The number of ether oxygens (including phenoxy) is 1. The van der Waals surface area contributed by atoms with Crippen LogP contribution in [0.5, 0.6) is 5.75 Å². The number of nitrogens with two attached hydrogens (primary N) is 1. The first-order valence-corrected chi connectivity index (χ1v) is 8.03. The average Bonchev–Trinajstić information content (AvgIpc) is 2.97. The number of benzene rings is 1. The Morgan fingerprint density at radius 2 is 2.14 bits per heavy atom. The van der Waals surface area contributed by atoms with Crippen LogP contribution in [0.2, 0.25) is 0 Å². The SMILES string of the molecule is COc1cccc(CCNS(=O)(=O)c2c[nH]c(CN)c2)c1. The molecule has 2 rings (SSSR count). The highest BCUT2D eigenvalue weighted by molar-refractivity contribution is 7.89. The highest BCUT2D eigenvalue weighted by Crippen LogP contribution is 2.13. The van der Waals surface area contributed by atoms with Crippen LogP contribution in [-0.4, -0.2) is 27.1 Å². The van der Waals surface area contributed by atoms with Gasteiger partial charge in [-0.2, -0.15) is 0 Å². The molecule has 4 N–H and O–H groups in total. The zero-order chi connectivity index (χ0) is 15.3. The maximum Gasteiger partial charge on any atom is 0.242 e. The van der Waals surface area contributed by atoms with Crippen molar-refractivity contribution in [2.75, 3.05) is 13.7 Å². The lowest BCUT2D eigenvalue weighted by Gasteiger charge is -2.06. The molecule has 0 atom stereocenters. The minimum atomic E-state index is -3.50. The van der Waals surface area contributed by atoms with Crippen molar-refractivity contribution in [2.45, 2.75) is 17.9 Å². The summed E-state index contributed by atoms with van der Waals surface area (Å²) in [7, 11) is -1.90. The van der Waals surface area contributed by atoms with Crippen LogP contribution in [0.25, 0.3) is 0 Å². The molecule has 0 aliphatic rings. The van der Waals surface area contributed by atoms with E-state index in [2.05, 4.69) is 9.71 Å². The smallest absolute Gasteiger partial charge is 0.242 e. The van der Waals surface area contributed by atoms with Crippen LogP contribution < -0.4 is 15.2 Å². The first-order chi connectivity index (χ1) is 10.0. The molecule has 0 fully saturated rings. The fraction of sp³-hybridized carbons (Fsp3) is 0.286. The average molecular weight is 309 g/mol. The molecule has 6 nitrogen and oxygen atoms in total. The summed E-state index contributed by atoms with van der Waals surface area (Å²) in [5.41, 5.74) is 7.14. The third kappa shape index (κ3) is 4.07. The Kier molecular flexibility index (Phi) is 5.00. The van der Waals surface area contributed by atoms with E-state index in [1.807, 2.05) is 24.3 Å². The molecule has 0 bridgehead atoms. The van der Waals surface area contributed by atoms with Crippen molar-refractivity contribution < 1.29 is 13.2 Å². The zero-order valence-electron chi connectivity index (χ0n) is 11.8. The molecule has 1 heterocycles. The molecule has 0 saturated heterocycles. The van der Waals surface area contributed by atoms with Gasteiger partial charge in [0.1, 0.15) is 5.75 Å². The fourth-order valence-electron chi connectivity index (χ4n) is 1.93. The van der Waals surface area contributed by atoms with Crippen molar-refractivity contribution in [3.63, 3.8) is 0 Å². The maximum absolute atomic E-state index is 12.1. The molecule has 0 spiro atoms. The number of aromatic nitrogens is 1. The van der Waals surface area contributed by atoms with E-state index in [-0.39, 0.29) is 11.4 Å². The van der Waals surface area contributed by atoms with E-state index in [0.717, 1.165) is 11.3 Å². The van der Waals surface area contributed by atoms with E-state index in [4.69, 9.17) is 10.5 Å². The monoisotopic (exact) mass is 309 g/mol. The Bertz CT molecular complexity index is 695. The summed E-state index contributed by atoms with van der Waals surface area (Å²) in [6.07, 6.45) is 2.03. The van der Waals surface area contributed by atoms with Crippen LogP contribution in [-0.2, 0) is 23.0 Å². The molecule has 1 aromatic carbocycles. The topological polar surface area (TPSA) is 97.2 Å². The number of H-pyrrole nitrogens is 1. The van der Waals surface area contributed by atoms with E-state index in [1.54, 1.807) is 7.11 Å². The molecule has 0 saturated carbocycles. The van der Waals surface area contributed by atoms with Gasteiger partial charge in [-0.05, 0) is 30.2 Å². The van der Waals surface area contributed by atoms with Crippen LogP contribution in [0.1, 0.15) is 11.3 Å². The van der Waals surface area contributed by atoms with Crippen molar-refractivity contribution in [1.82, 2.24) is 9.71 Å². The largest absolute Gasteiger partial charge is 0.497 e. The van der Waals surface area contributed by atoms with Crippen molar-refractivity contribution >= 4 is 10.0 Å². The first kappa shape index (κ1) is 15.6. The van der Waals surface area contributed by atoms with Gasteiger partial charge in [0.2, 0.25) is 10.0 Å². The van der Waals surface area contributed by atoms with Crippen LogP contribution in [0.4, 0.5) is 0 Å². The summed E-state index contributed by atoms with van der Waals surface area (Å²) < 4.78 is 31.9. The van der Waals surface area contributed by atoms with Crippen LogP contribution >= 0.6 is 0 Å². The summed E-state index contributed by atoms with van der Waals surface area (Å²) in [4.78, 5) is 3.03. The Balaban J connectivity index is 1.95. The summed E-state index contributed by atoms with van der Waals surface area (Å²) in [6, 6.07) is 9.08. The zero-order valence-corrected chi connectivity index (χ0v) is 12.6. The van der Waals surface area contributed by atoms with E-state index in [0.29, 0.717) is 18.7 Å². The Morgan fingerprint density at radius 3 is 2.81 bits per heavy atom. The highest BCUT2D eigenvalue weighted by Gasteiger charge is 2.15. The lowest BCUT2D eigenvalue weighted by Crippen LogP contribution is -2.25. The van der Waals surface area contributed by atoms with Crippen molar-refractivity contribution in [1.29, 1.82) is 0 Å². The van der Waals surface area contributed by atoms with Crippen molar-refractivity contribution in [3.8, 4) is 5.75 Å². The predicted molar refractivity (Wildman–Crippen MR) is 80.6 cm³/mol. The number of rotatable bonds is 7.